The van der Waals surface area contributed by atoms with Crippen molar-refractivity contribution in [2.45, 2.75) is 46.5 Å². The lowest BCUT2D eigenvalue weighted by Gasteiger charge is -2.27. The quantitative estimate of drug-likeness (QED) is 0.171. The molecule has 0 unspecified atom stereocenters. The van der Waals surface area contributed by atoms with Crippen LogP contribution >= 0.6 is 11.3 Å². The third-order valence-corrected chi connectivity index (χ3v) is 7.77. The predicted molar refractivity (Wildman–Crippen MR) is 136 cm³/mol. The van der Waals surface area contributed by atoms with Crippen LogP contribution in [0.4, 0.5) is 26.3 Å². The lowest BCUT2D eigenvalue weighted by Crippen LogP contribution is -2.34. The molecule has 2 heterocycles. The van der Waals surface area contributed by atoms with Gasteiger partial charge in [-0.15, -0.1) is 11.3 Å². The van der Waals surface area contributed by atoms with Crippen LogP contribution in [0.3, 0.4) is 0 Å². The summed E-state index contributed by atoms with van der Waals surface area (Å²) in [5.41, 5.74) is 0.191. The van der Waals surface area contributed by atoms with Gasteiger partial charge in [0.2, 0.25) is 0 Å². The SMILES string of the molecule is Cc1cc(C)cc(-c2ncnc3c(C(F)(F)F)c4c(ccc5c(CC(C)(C)C(F)(F)F)csc54)cc23)c1. The summed E-state index contributed by atoms with van der Waals surface area (Å²) < 4.78 is 84.9. The number of halogens is 6. The third-order valence-electron chi connectivity index (χ3n) is 6.70. The molecule has 192 valence electrons. The van der Waals surface area contributed by atoms with Gasteiger partial charge in [-0.2, -0.15) is 26.3 Å². The van der Waals surface area contributed by atoms with Gasteiger partial charge >= 0.3 is 12.4 Å². The van der Waals surface area contributed by atoms with E-state index in [2.05, 4.69) is 9.97 Å². The normalized spacial score (nSPS) is 13.2. The minimum absolute atomic E-state index is 0.0522. The maximum Gasteiger partial charge on any atom is 0.419 e. The Kier molecular flexibility index (Phi) is 5.78. The van der Waals surface area contributed by atoms with Crippen LogP contribution in [0.15, 0.2) is 48.1 Å². The number of benzene rings is 3. The minimum atomic E-state index is -4.75. The highest BCUT2D eigenvalue weighted by Crippen LogP contribution is 2.47. The van der Waals surface area contributed by atoms with E-state index in [9.17, 15) is 26.3 Å². The van der Waals surface area contributed by atoms with Crippen LogP contribution in [0.25, 0.3) is 43.0 Å². The Hall–Kier alpha value is -3.20. The maximum absolute atomic E-state index is 14.7. The second-order valence-electron chi connectivity index (χ2n) is 10.1. The number of aromatic nitrogens is 2. The molecule has 37 heavy (non-hydrogen) atoms. The van der Waals surface area contributed by atoms with Crippen molar-refractivity contribution in [3.05, 3.63) is 70.4 Å². The summed E-state index contributed by atoms with van der Waals surface area (Å²) in [6.07, 6.45) is -8.42. The fourth-order valence-corrected chi connectivity index (χ4v) is 6.02. The average molecular weight is 533 g/mol. The Morgan fingerprint density at radius 3 is 2.14 bits per heavy atom. The zero-order valence-corrected chi connectivity index (χ0v) is 21.2. The van der Waals surface area contributed by atoms with Gasteiger partial charge in [0, 0.05) is 21.0 Å². The van der Waals surface area contributed by atoms with Crippen molar-refractivity contribution in [1.82, 2.24) is 9.97 Å². The Balaban J connectivity index is 1.83. The van der Waals surface area contributed by atoms with Gasteiger partial charge in [-0.25, -0.2) is 9.97 Å². The first-order valence-corrected chi connectivity index (χ1v) is 12.4. The number of alkyl halides is 6. The van der Waals surface area contributed by atoms with Gasteiger partial charge < -0.3 is 0 Å². The molecule has 5 rings (SSSR count). The molecular weight excluding hydrogens is 510 g/mol. The first-order chi connectivity index (χ1) is 17.2. The van der Waals surface area contributed by atoms with Crippen LogP contribution in [-0.4, -0.2) is 16.1 Å². The average Bonchev–Trinajstić information content (AvgIpc) is 3.17. The molecule has 0 saturated heterocycles. The Bertz CT molecular complexity index is 1660. The van der Waals surface area contributed by atoms with Crippen molar-refractivity contribution >= 4 is 43.1 Å². The molecule has 0 N–H and O–H groups in total. The fourth-order valence-electron chi connectivity index (χ4n) is 4.88. The zero-order chi connectivity index (χ0) is 26.9. The monoisotopic (exact) mass is 532 g/mol. The molecule has 9 heteroatoms. The summed E-state index contributed by atoms with van der Waals surface area (Å²) in [4.78, 5) is 8.40. The van der Waals surface area contributed by atoms with Crippen LogP contribution in [0.2, 0.25) is 0 Å². The van der Waals surface area contributed by atoms with E-state index in [0.717, 1.165) is 42.6 Å². The highest BCUT2D eigenvalue weighted by atomic mass is 32.1. The molecule has 2 nitrogen and oxygen atoms in total. The molecule has 0 aliphatic carbocycles. The summed E-state index contributed by atoms with van der Waals surface area (Å²) >= 11 is 1.03. The summed E-state index contributed by atoms with van der Waals surface area (Å²) in [6, 6.07) is 10.5. The van der Waals surface area contributed by atoms with E-state index in [1.807, 2.05) is 32.0 Å². The van der Waals surface area contributed by atoms with E-state index in [0.29, 0.717) is 32.3 Å². The maximum atomic E-state index is 14.7. The minimum Gasteiger partial charge on any atom is -0.236 e. The van der Waals surface area contributed by atoms with Crippen LogP contribution < -0.4 is 0 Å². The number of hydrogen-bond acceptors (Lipinski definition) is 3. The number of thiophene rings is 1. The molecule has 0 atom stereocenters. The first-order valence-electron chi connectivity index (χ1n) is 11.5. The molecule has 3 aromatic carbocycles. The second kappa shape index (κ2) is 8.41. The van der Waals surface area contributed by atoms with E-state index in [1.54, 1.807) is 18.2 Å². The topological polar surface area (TPSA) is 25.8 Å². The molecule has 5 aromatic rings. The molecule has 0 aliphatic rings. The largest absolute Gasteiger partial charge is 0.419 e. The van der Waals surface area contributed by atoms with E-state index < -0.39 is 23.3 Å². The summed E-state index contributed by atoms with van der Waals surface area (Å²) in [7, 11) is 0. The third kappa shape index (κ3) is 4.33. The van der Waals surface area contributed by atoms with Crippen LogP contribution in [-0.2, 0) is 12.6 Å². The van der Waals surface area contributed by atoms with E-state index in [4.69, 9.17) is 0 Å². The molecule has 0 spiro atoms. The van der Waals surface area contributed by atoms with Crippen molar-refractivity contribution in [2.24, 2.45) is 5.41 Å². The lowest BCUT2D eigenvalue weighted by atomic mass is 9.84. The molecule has 0 amide bonds. The molecular formula is C28H22F6N2S. The van der Waals surface area contributed by atoms with E-state index in [-0.39, 0.29) is 22.7 Å². The Morgan fingerprint density at radius 1 is 0.838 bits per heavy atom. The first kappa shape index (κ1) is 25.4. The summed E-state index contributed by atoms with van der Waals surface area (Å²) in [6.45, 7) is 6.00. The highest BCUT2D eigenvalue weighted by molar-refractivity contribution is 7.18. The van der Waals surface area contributed by atoms with Gasteiger partial charge in [-0.3, -0.25) is 0 Å². The van der Waals surface area contributed by atoms with Crippen LogP contribution in [0.5, 0.6) is 0 Å². The number of rotatable bonds is 3. The molecule has 0 fully saturated rings. The molecule has 2 aromatic heterocycles. The second-order valence-corrected chi connectivity index (χ2v) is 11.0. The van der Waals surface area contributed by atoms with Crippen molar-refractivity contribution in [3.8, 4) is 11.3 Å². The molecule has 0 saturated carbocycles. The van der Waals surface area contributed by atoms with Crippen LogP contribution in [0, 0.1) is 19.3 Å². The van der Waals surface area contributed by atoms with Crippen molar-refractivity contribution in [2.75, 3.05) is 0 Å². The lowest BCUT2D eigenvalue weighted by molar-refractivity contribution is -0.210. The summed E-state index contributed by atoms with van der Waals surface area (Å²) in [5.74, 6) is 0. The van der Waals surface area contributed by atoms with Gasteiger partial charge in [0.05, 0.1) is 22.2 Å². The Labute approximate surface area is 213 Å². The molecule has 0 radical (unpaired) electrons. The fraction of sp³-hybridized carbons (Fsp3) is 0.286. The van der Waals surface area contributed by atoms with Gasteiger partial charge in [-0.1, -0.05) is 43.2 Å². The van der Waals surface area contributed by atoms with Crippen LogP contribution in [0.1, 0.15) is 36.1 Å². The van der Waals surface area contributed by atoms with Gasteiger partial charge in [0.1, 0.15) is 6.33 Å². The highest BCUT2D eigenvalue weighted by Gasteiger charge is 2.47. The molecule has 0 aliphatic heterocycles. The summed E-state index contributed by atoms with van der Waals surface area (Å²) in [5, 5.41) is 2.47. The van der Waals surface area contributed by atoms with Crippen molar-refractivity contribution < 1.29 is 26.3 Å². The standard InChI is InChI=1S/C28H22F6N2S/c1-14-7-15(2)9-17(8-14)23-20-10-16-5-6-19-18(11-26(3,4)28(32,33)34)12-37-25(19)21(16)22(27(29,30)31)24(20)36-13-35-23/h5-10,12-13H,11H2,1-4H3. The van der Waals surface area contributed by atoms with E-state index >= 15 is 0 Å². The smallest absolute Gasteiger partial charge is 0.236 e. The number of fused-ring (bicyclic) bond motifs is 4. The number of nitrogens with zero attached hydrogens (tertiary/aromatic N) is 2. The van der Waals surface area contributed by atoms with Crippen molar-refractivity contribution in [3.63, 3.8) is 0 Å². The number of hydrogen-bond donors (Lipinski definition) is 0. The van der Waals surface area contributed by atoms with Gasteiger partial charge in [0.15, 0.2) is 0 Å². The number of aryl methyl sites for hydroxylation is 2. The van der Waals surface area contributed by atoms with Gasteiger partial charge in [-0.05, 0) is 60.2 Å². The zero-order valence-electron chi connectivity index (χ0n) is 20.4. The predicted octanol–water partition coefficient (Wildman–Crippen LogP) is 9.43. The van der Waals surface area contributed by atoms with Crippen molar-refractivity contribution in [1.29, 1.82) is 0 Å². The van der Waals surface area contributed by atoms with E-state index in [1.165, 1.54) is 5.38 Å². The molecule has 0 bridgehead atoms. The Morgan fingerprint density at radius 2 is 1.51 bits per heavy atom. The van der Waals surface area contributed by atoms with Gasteiger partial charge in [0.25, 0.3) is 0 Å².